The number of rotatable bonds is 4. The summed E-state index contributed by atoms with van der Waals surface area (Å²) in [6.07, 6.45) is 0. The van der Waals surface area contributed by atoms with Crippen LogP contribution >= 0.6 is 0 Å². The van der Waals surface area contributed by atoms with E-state index in [1.165, 1.54) is 0 Å². The van der Waals surface area contributed by atoms with E-state index in [0.717, 1.165) is 11.3 Å². The van der Waals surface area contributed by atoms with Gasteiger partial charge in [0.15, 0.2) is 11.5 Å². The van der Waals surface area contributed by atoms with Gasteiger partial charge in [-0.3, -0.25) is 4.79 Å². The molecule has 1 aromatic carbocycles. The Balaban J connectivity index is 2.33. The highest BCUT2D eigenvalue weighted by Gasteiger charge is 2.10. The molecule has 98 valence electrons. The van der Waals surface area contributed by atoms with E-state index < -0.39 is 5.91 Å². The summed E-state index contributed by atoms with van der Waals surface area (Å²) in [6, 6.07) is 11.0. The predicted molar refractivity (Wildman–Crippen MR) is 72.9 cm³/mol. The highest BCUT2D eigenvalue weighted by atomic mass is 16.1. The minimum Gasteiger partial charge on any atom is -0.364 e. The largest absolute Gasteiger partial charge is 0.364 e. The van der Waals surface area contributed by atoms with Crippen LogP contribution in [0.2, 0.25) is 0 Å². The van der Waals surface area contributed by atoms with Crippen molar-refractivity contribution in [3.05, 3.63) is 47.7 Å². The van der Waals surface area contributed by atoms with Crippen molar-refractivity contribution in [3.8, 4) is 0 Å². The minimum atomic E-state index is -0.593. The fourth-order valence-corrected chi connectivity index (χ4v) is 1.77. The van der Waals surface area contributed by atoms with Crippen LogP contribution in [0.3, 0.4) is 0 Å². The molecule has 0 aliphatic heterocycles. The van der Waals surface area contributed by atoms with Gasteiger partial charge in [-0.05, 0) is 23.8 Å². The lowest BCUT2D eigenvalue weighted by atomic mass is 10.1. The van der Waals surface area contributed by atoms with E-state index in [2.05, 4.69) is 10.2 Å². The first kappa shape index (κ1) is 13.0. The van der Waals surface area contributed by atoms with Gasteiger partial charge in [0.25, 0.3) is 5.91 Å². The lowest BCUT2D eigenvalue weighted by Crippen LogP contribution is -2.18. The monoisotopic (exact) mass is 257 g/mol. The number of carbonyl (C=O) groups excluding carboxylic acids is 1. The fraction of sp³-hybridized carbons (Fsp3) is 0.154. The number of hydrogen-bond donors (Lipinski definition) is 2. The minimum absolute atomic E-state index is 0.143. The number of primary amides is 1. The smallest absolute Gasteiger partial charge is 0.269 e. The molecule has 0 bridgehead atoms. The van der Waals surface area contributed by atoms with E-state index in [4.69, 9.17) is 11.5 Å². The summed E-state index contributed by atoms with van der Waals surface area (Å²) in [4.78, 5) is 12.8. The molecule has 0 spiro atoms. The molecule has 0 aliphatic carbocycles. The summed E-state index contributed by atoms with van der Waals surface area (Å²) >= 11 is 0. The number of carbonyl (C=O) groups is 1. The van der Waals surface area contributed by atoms with E-state index in [1.54, 1.807) is 12.1 Å². The molecule has 0 atom stereocenters. The molecule has 2 rings (SSSR count). The summed E-state index contributed by atoms with van der Waals surface area (Å²) in [5.74, 6) is 0.0231. The molecule has 0 saturated carbocycles. The van der Waals surface area contributed by atoms with Crippen LogP contribution in [0, 0.1) is 0 Å². The molecule has 0 radical (unpaired) electrons. The number of benzene rings is 1. The number of para-hydroxylation sites is 1. The maximum Gasteiger partial charge on any atom is 0.269 e. The molecule has 0 aliphatic rings. The molecule has 4 N–H and O–H groups in total. The normalized spacial score (nSPS) is 10.2. The zero-order valence-corrected chi connectivity index (χ0v) is 10.6. The third-order valence-corrected chi connectivity index (χ3v) is 2.82. The molecule has 1 aromatic heterocycles. The van der Waals surface area contributed by atoms with Crippen molar-refractivity contribution in [2.24, 2.45) is 11.5 Å². The van der Waals surface area contributed by atoms with Gasteiger partial charge in [0.1, 0.15) is 0 Å². The number of nitrogens with two attached hydrogens (primary N) is 2. The average Bonchev–Trinajstić information content (AvgIpc) is 2.46. The van der Waals surface area contributed by atoms with Crippen LogP contribution in [-0.2, 0) is 6.54 Å². The molecule has 0 unspecified atom stereocenters. The van der Waals surface area contributed by atoms with Crippen LogP contribution < -0.4 is 16.4 Å². The molecular weight excluding hydrogens is 242 g/mol. The first-order chi connectivity index (χ1) is 9.13. The summed E-state index contributed by atoms with van der Waals surface area (Å²) in [5.41, 5.74) is 12.9. The van der Waals surface area contributed by atoms with Crippen molar-refractivity contribution in [1.29, 1.82) is 0 Å². The van der Waals surface area contributed by atoms with Crippen LogP contribution in [0.15, 0.2) is 36.4 Å². The van der Waals surface area contributed by atoms with Gasteiger partial charge >= 0.3 is 0 Å². The van der Waals surface area contributed by atoms with Crippen LogP contribution in [0.25, 0.3) is 0 Å². The Bertz CT molecular complexity index is 582. The number of aromatic nitrogens is 2. The first-order valence-corrected chi connectivity index (χ1v) is 5.78. The molecule has 6 heteroatoms. The Morgan fingerprint density at radius 3 is 2.53 bits per heavy atom. The number of nitrogens with zero attached hydrogens (tertiary/aromatic N) is 3. The van der Waals surface area contributed by atoms with Crippen molar-refractivity contribution >= 4 is 17.4 Å². The summed E-state index contributed by atoms with van der Waals surface area (Å²) in [7, 11) is 1.86. The zero-order valence-electron chi connectivity index (χ0n) is 10.6. The van der Waals surface area contributed by atoms with Crippen molar-refractivity contribution in [1.82, 2.24) is 10.2 Å². The van der Waals surface area contributed by atoms with Gasteiger partial charge < -0.3 is 16.4 Å². The number of amides is 1. The molecule has 1 heterocycles. The highest BCUT2D eigenvalue weighted by Crippen LogP contribution is 2.24. The lowest BCUT2D eigenvalue weighted by molar-refractivity contribution is 0.0994. The highest BCUT2D eigenvalue weighted by molar-refractivity contribution is 5.90. The van der Waals surface area contributed by atoms with E-state index in [-0.39, 0.29) is 5.69 Å². The number of anilines is 2. The Hall–Kier alpha value is -2.47. The predicted octanol–water partition coefficient (Wildman–Crippen LogP) is 0.802. The topological polar surface area (TPSA) is 98.1 Å². The van der Waals surface area contributed by atoms with Gasteiger partial charge in [0.2, 0.25) is 0 Å². The molecule has 1 amide bonds. The fourth-order valence-electron chi connectivity index (χ4n) is 1.77. The van der Waals surface area contributed by atoms with E-state index in [1.807, 2.05) is 36.2 Å². The van der Waals surface area contributed by atoms with Gasteiger partial charge in [-0.25, -0.2) is 0 Å². The average molecular weight is 257 g/mol. The van der Waals surface area contributed by atoms with Crippen molar-refractivity contribution in [3.63, 3.8) is 0 Å². The second kappa shape index (κ2) is 5.45. The maximum atomic E-state index is 10.9. The molecule has 6 nitrogen and oxygen atoms in total. The van der Waals surface area contributed by atoms with Gasteiger partial charge in [-0.1, -0.05) is 18.2 Å². The maximum absolute atomic E-state index is 10.9. The summed E-state index contributed by atoms with van der Waals surface area (Å²) in [5, 5.41) is 7.77. The third-order valence-electron chi connectivity index (χ3n) is 2.82. The standard InChI is InChI=1S/C13H15N5O/c1-18(11-5-3-2-4-9(11)8-14)12-7-6-10(13(15)19)16-17-12/h2-7H,8,14H2,1H3,(H2,15,19). The van der Waals surface area contributed by atoms with Crippen LogP contribution in [0.4, 0.5) is 11.5 Å². The Morgan fingerprint density at radius 2 is 1.95 bits per heavy atom. The zero-order chi connectivity index (χ0) is 13.8. The SMILES string of the molecule is CN(c1ccc(C(N)=O)nn1)c1ccccc1CN. The van der Waals surface area contributed by atoms with Crippen molar-refractivity contribution in [2.75, 3.05) is 11.9 Å². The van der Waals surface area contributed by atoms with E-state index >= 15 is 0 Å². The lowest BCUT2D eigenvalue weighted by Gasteiger charge is -2.20. The van der Waals surface area contributed by atoms with Gasteiger partial charge in [0.05, 0.1) is 0 Å². The van der Waals surface area contributed by atoms with Gasteiger partial charge in [0, 0.05) is 19.3 Å². The Kier molecular flexibility index (Phi) is 3.72. The first-order valence-electron chi connectivity index (χ1n) is 5.78. The van der Waals surface area contributed by atoms with Gasteiger partial charge in [-0.2, -0.15) is 0 Å². The Labute approximate surface area is 111 Å². The molecule has 19 heavy (non-hydrogen) atoms. The van der Waals surface area contributed by atoms with Gasteiger partial charge in [-0.15, -0.1) is 10.2 Å². The van der Waals surface area contributed by atoms with E-state index in [9.17, 15) is 4.79 Å². The quantitative estimate of drug-likeness (QED) is 0.844. The van der Waals surface area contributed by atoms with Crippen molar-refractivity contribution in [2.45, 2.75) is 6.54 Å². The second-order valence-corrected chi connectivity index (χ2v) is 4.03. The van der Waals surface area contributed by atoms with Crippen LogP contribution in [-0.4, -0.2) is 23.2 Å². The van der Waals surface area contributed by atoms with Crippen molar-refractivity contribution < 1.29 is 4.79 Å². The number of hydrogen-bond acceptors (Lipinski definition) is 5. The van der Waals surface area contributed by atoms with Crippen LogP contribution in [0.1, 0.15) is 16.1 Å². The van der Waals surface area contributed by atoms with Crippen LogP contribution in [0.5, 0.6) is 0 Å². The molecule has 2 aromatic rings. The second-order valence-electron chi connectivity index (χ2n) is 4.03. The molecular formula is C13H15N5O. The summed E-state index contributed by atoms with van der Waals surface area (Å²) in [6.45, 7) is 0.438. The molecule has 0 saturated heterocycles. The molecule has 0 fully saturated rings. The summed E-state index contributed by atoms with van der Waals surface area (Å²) < 4.78 is 0. The Morgan fingerprint density at radius 1 is 1.21 bits per heavy atom. The van der Waals surface area contributed by atoms with E-state index in [0.29, 0.717) is 12.4 Å². The third kappa shape index (κ3) is 2.69.